The first-order valence-corrected chi connectivity index (χ1v) is 5.80. The molecule has 0 atom stereocenters. The molecule has 3 rings (SSSR count). The Labute approximate surface area is 98.4 Å². The molecule has 1 aromatic rings. The molecule has 90 valence electrons. The normalized spacial score (nSPS) is 22.2. The molecular weight excluding hydrogens is 223 g/mol. The van der Waals surface area contributed by atoms with Crippen LogP contribution in [-0.2, 0) is 4.74 Å². The van der Waals surface area contributed by atoms with E-state index in [2.05, 4.69) is 4.98 Å². The highest BCUT2D eigenvalue weighted by Gasteiger charge is 2.51. The number of pyridine rings is 1. The lowest BCUT2D eigenvalue weighted by molar-refractivity contribution is 0.173. The van der Waals surface area contributed by atoms with E-state index >= 15 is 0 Å². The van der Waals surface area contributed by atoms with Crippen molar-refractivity contribution in [3.63, 3.8) is 0 Å². The molecular formula is C12H13FN2O2. The van der Waals surface area contributed by atoms with Crippen molar-refractivity contribution in [3.05, 3.63) is 24.1 Å². The Hall–Kier alpha value is -1.65. The maximum atomic E-state index is 13.7. The number of halogens is 1. The van der Waals surface area contributed by atoms with Crippen LogP contribution in [0.1, 0.15) is 25.7 Å². The molecule has 1 saturated heterocycles. The van der Waals surface area contributed by atoms with Gasteiger partial charge in [-0.2, -0.15) is 0 Å². The Morgan fingerprint density at radius 3 is 2.88 bits per heavy atom. The third-order valence-electron chi connectivity index (χ3n) is 3.61. The molecule has 1 saturated carbocycles. The zero-order valence-electron chi connectivity index (χ0n) is 9.36. The number of ether oxygens (including phenoxy) is 1. The molecule has 0 radical (unpaired) electrons. The number of nitrogens with zero attached hydrogens (tertiary/aromatic N) is 2. The van der Waals surface area contributed by atoms with Crippen LogP contribution in [0.5, 0.6) is 0 Å². The van der Waals surface area contributed by atoms with E-state index in [-0.39, 0.29) is 11.4 Å². The van der Waals surface area contributed by atoms with Gasteiger partial charge in [-0.05, 0) is 25.0 Å². The average Bonchev–Trinajstić information content (AvgIpc) is 2.90. The van der Waals surface area contributed by atoms with Crippen molar-refractivity contribution in [2.24, 2.45) is 0 Å². The molecule has 0 bridgehead atoms. The van der Waals surface area contributed by atoms with Gasteiger partial charge >= 0.3 is 6.09 Å². The Bertz CT molecular complexity index is 458. The second-order valence-corrected chi connectivity index (χ2v) is 4.63. The second kappa shape index (κ2) is 3.68. The van der Waals surface area contributed by atoms with Crippen molar-refractivity contribution in [1.82, 2.24) is 4.98 Å². The third-order valence-corrected chi connectivity index (χ3v) is 3.61. The monoisotopic (exact) mass is 236 g/mol. The topological polar surface area (TPSA) is 42.4 Å². The number of amides is 1. The SMILES string of the molecule is O=C1OCC2(CCCC2)N1c1ncccc1F. The van der Waals surface area contributed by atoms with Gasteiger partial charge in [0.2, 0.25) is 0 Å². The zero-order valence-corrected chi connectivity index (χ0v) is 9.36. The van der Waals surface area contributed by atoms with Crippen LogP contribution in [0, 0.1) is 5.82 Å². The molecule has 0 unspecified atom stereocenters. The summed E-state index contributed by atoms with van der Waals surface area (Å²) in [5.41, 5.74) is -0.369. The fourth-order valence-electron chi connectivity index (χ4n) is 2.77. The van der Waals surface area contributed by atoms with Gasteiger partial charge in [0.05, 0.1) is 5.54 Å². The smallest absolute Gasteiger partial charge is 0.416 e. The molecule has 0 N–H and O–H groups in total. The van der Waals surface area contributed by atoms with E-state index in [4.69, 9.17) is 4.74 Å². The van der Waals surface area contributed by atoms with Crippen molar-refractivity contribution < 1.29 is 13.9 Å². The van der Waals surface area contributed by atoms with E-state index in [0.29, 0.717) is 6.61 Å². The number of carbonyl (C=O) groups is 1. The largest absolute Gasteiger partial charge is 0.447 e. The van der Waals surface area contributed by atoms with E-state index in [1.807, 2.05) is 0 Å². The summed E-state index contributed by atoms with van der Waals surface area (Å²) in [7, 11) is 0. The van der Waals surface area contributed by atoms with Crippen molar-refractivity contribution in [1.29, 1.82) is 0 Å². The lowest BCUT2D eigenvalue weighted by Gasteiger charge is -2.30. The molecule has 2 aliphatic rings. The summed E-state index contributed by atoms with van der Waals surface area (Å²) in [6.45, 7) is 0.349. The fraction of sp³-hybridized carbons (Fsp3) is 0.500. The molecule has 2 heterocycles. The standard InChI is InChI=1S/C12H13FN2O2/c13-9-4-3-7-14-10(9)15-11(16)17-8-12(15)5-1-2-6-12/h3-4,7H,1-2,5-6,8H2. The van der Waals surface area contributed by atoms with Crippen LogP contribution in [0.4, 0.5) is 15.0 Å². The van der Waals surface area contributed by atoms with Gasteiger partial charge in [0.1, 0.15) is 6.61 Å². The van der Waals surface area contributed by atoms with Crippen LogP contribution in [0.2, 0.25) is 0 Å². The predicted molar refractivity (Wildman–Crippen MR) is 59.2 cm³/mol. The first kappa shape index (κ1) is 10.5. The van der Waals surface area contributed by atoms with Crippen LogP contribution >= 0.6 is 0 Å². The Kier molecular flexibility index (Phi) is 2.28. The van der Waals surface area contributed by atoms with Gasteiger partial charge in [-0.1, -0.05) is 12.8 Å². The lowest BCUT2D eigenvalue weighted by Crippen LogP contribution is -2.46. The van der Waals surface area contributed by atoms with Crippen molar-refractivity contribution in [2.45, 2.75) is 31.2 Å². The third kappa shape index (κ3) is 1.49. The summed E-state index contributed by atoms with van der Waals surface area (Å²) in [6.07, 6.45) is 4.81. The van der Waals surface area contributed by atoms with E-state index in [9.17, 15) is 9.18 Å². The van der Waals surface area contributed by atoms with E-state index < -0.39 is 11.9 Å². The summed E-state index contributed by atoms with van der Waals surface area (Å²) in [5, 5.41) is 0. The van der Waals surface area contributed by atoms with Gasteiger partial charge < -0.3 is 4.74 Å². The minimum absolute atomic E-state index is 0.0944. The van der Waals surface area contributed by atoms with E-state index in [0.717, 1.165) is 25.7 Å². The number of rotatable bonds is 1. The number of carbonyl (C=O) groups excluding carboxylic acids is 1. The molecule has 4 nitrogen and oxygen atoms in total. The summed E-state index contributed by atoms with van der Waals surface area (Å²) in [6, 6.07) is 2.83. The van der Waals surface area contributed by atoms with Crippen LogP contribution in [0.15, 0.2) is 18.3 Å². The summed E-state index contributed by atoms with van der Waals surface area (Å²) in [5.74, 6) is -0.380. The first-order chi connectivity index (χ1) is 8.23. The van der Waals surface area contributed by atoms with E-state index in [1.165, 1.54) is 23.2 Å². The van der Waals surface area contributed by atoms with Gasteiger partial charge in [0, 0.05) is 6.20 Å². The first-order valence-electron chi connectivity index (χ1n) is 5.80. The highest BCUT2D eigenvalue weighted by molar-refractivity contribution is 5.90. The van der Waals surface area contributed by atoms with Crippen molar-refractivity contribution >= 4 is 11.9 Å². The predicted octanol–water partition coefficient (Wildman–Crippen LogP) is 2.49. The number of aromatic nitrogens is 1. The van der Waals surface area contributed by atoms with Gasteiger partial charge in [-0.25, -0.2) is 19.1 Å². The highest BCUT2D eigenvalue weighted by Crippen LogP contribution is 2.42. The summed E-state index contributed by atoms with van der Waals surface area (Å²) >= 11 is 0. The van der Waals surface area contributed by atoms with Crippen LogP contribution < -0.4 is 4.90 Å². The molecule has 1 amide bonds. The molecule has 1 aliphatic heterocycles. The Balaban J connectivity index is 2.05. The number of hydrogen-bond donors (Lipinski definition) is 0. The maximum Gasteiger partial charge on any atom is 0.416 e. The molecule has 2 fully saturated rings. The quantitative estimate of drug-likeness (QED) is 0.752. The summed E-state index contributed by atoms with van der Waals surface area (Å²) < 4.78 is 18.8. The molecule has 1 aromatic heterocycles. The zero-order chi connectivity index (χ0) is 11.9. The Morgan fingerprint density at radius 2 is 2.18 bits per heavy atom. The minimum Gasteiger partial charge on any atom is -0.447 e. The van der Waals surface area contributed by atoms with Gasteiger partial charge in [0.25, 0.3) is 0 Å². The van der Waals surface area contributed by atoms with Crippen LogP contribution in [0.25, 0.3) is 0 Å². The lowest BCUT2D eigenvalue weighted by atomic mass is 9.97. The van der Waals surface area contributed by atoms with Crippen molar-refractivity contribution in [2.75, 3.05) is 11.5 Å². The number of cyclic esters (lactones) is 1. The molecule has 0 aromatic carbocycles. The molecule has 5 heteroatoms. The average molecular weight is 236 g/mol. The fourth-order valence-corrected chi connectivity index (χ4v) is 2.77. The maximum absolute atomic E-state index is 13.7. The van der Waals surface area contributed by atoms with Crippen LogP contribution in [0.3, 0.4) is 0 Å². The highest BCUT2D eigenvalue weighted by atomic mass is 19.1. The second-order valence-electron chi connectivity index (χ2n) is 4.63. The molecule has 17 heavy (non-hydrogen) atoms. The van der Waals surface area contributed by atoms with Crippen LogP contribution in [-0.4, -0.2) is 23.2 Å². The Morgan fingerprint density at radius 1 is 1.41 bits per heavy atom. The number of hydrogen-bond acceptors (Lipinski definition) is 3. The van der Waals surface area contributed by atoms with Gasteiger partial charge in [-0.3, -0.25) is 0 Å². The summed E-state index contributed by atoms with van der Waals surface area (Å²) in [4.78, 5) is 17.2. The van der Waals surface area contributed by atoms with Gasteiger partial charge in [-0.15, -0.1) is 0 Å². The van der Waals surface area contributed by atoms with Gasteiger partial charge in [0.15, 0.2) is 11.6 Å². The van der Waals surface area contributed by atoms with E-state index in [1.54, 1.807) is 0 Å². The van der Waals surface area contributed by atoms with Crippen molar-refractivity contribution in [3.8, 4) is 0 Å². The molecule has 1 spiro atoms. The molecule has 1 aliphatic carbocycles. The minimum atomic E-state index is -0.482. The number of anilines is 1.